The van der Waals surface area contributed by atoms with E-state index in [0.717, 1.165) is 5.56 Å². The first-order valence-electron chi connectivity index (χ1n) is 5.49. The van der Waals surface area contributed by atoms with Gasteiger partial charge in [-0.1, -0.05) is 12.1 Å². The molecule has 0 aliphatic carbocycles. The van der Waals surface area contributed by atoms with Crippen LogP contribution in [0.2, 0.25) is 0 Å². The van der Waals surface area contributed by atoms with Crippen LogP contribution >= 0.6 is 11.8 Å². The molecule has 0 aromatic heterocycles. The maximum absolute atomic E-state index is 11.9. The molecule has 0 unspecified atom stereocenters. The highest BCUT2D eigenvalue weighted by Crippen LogP contribution is 2.29. The Morgan fingerprint density at radius 2 is 2.16 bits per heavy atom. The summed E-state index contributed by atoms with van der Waals surface area (Å²) in [6.07, 6.45) is 0. The molecule has 106 valence electrons. The van der Waals surface area contributed by atoms with Crippen molar-refractivity contribution < 1.29 is 22.7 Å². The normalized spacial score (nSPS) is 11.4. The number of thioether (sulfide) groups is 1. The molecule has 1 aromatic carbocycles. The molecule has 0 aliphatic rings. The first kappa shape index (κ1) is 15.8. The fourth-order valence-corrected chi connectivity index (χ4v) is 1.84. The minimum atomic E-state index is -4.26. The third kappa shape index (κ3) is 6.49. The van der Waals surface area contributed by atoms with Crippen molar-refractivity contribution >= 4 is 17.7 Å². The topological polar surface area (TPSA) is 38.3 Å². The second kappa shape index (κ2) is 7.40. The van der Waals surface area contributed by atoms with Crippen molar-refractivity contribution in [3.05, 3.63) is 35.4 Å². The van der Waals surface area contributed by atoms with Gasteiger partial charge in [0.15, 0.2) is 0 Å². The fraction of sp³-hybridized carbons (Fsp3) is 0.417. The van der Waals surface area contributed by atoms with Gasteiger partial charge in [0.25, 0.3) is 5.91 Å². The Bertz CT molecular complexity index is 424. The Morgan fingerprint density at radius 3 is 2.79 bits per heavy atom. The predicted molar refractivity (Wildman–Crippen MR) is 68.0 cm³/mol. The molecular weight excluding hydrogens is 279 g/mol. The zero-order valence-electron chi connectivity index (χ0n) is 10.3. The number of rotatable bonds is 6. The molecule has 19 heavy (non-hydrogen) atoms. The lowest BCUT2D eigenvalue weighted by atomic mass is 10.1. The van der Waals surface area contributed by atoms with Crippen molar-refractivity contribution in [3.8, 4) is 0 Å². The summed E-state index contributed by atoms with van der Waals surface area (Å²) in [6, 6.07) is 6.76. The molecule has 1 amide bonds. The van der Waals surface area contributed by atoms with Crippen LogP contribution in [0.25, 0.3) is 0 Å². The van der Waals surface area contributed by atoms with Gasteiger partial charge in [-0.25, -0.2) is 0 Å². The standard InChI is InChI=1S/C12H14F3NO2S/c1-18-8-9-3-2-4-10(7-9)11(17)16-5-6-19-12(13,14)15/h2-4,7H,5-6,8H2,1H3,(H,16,17). The number of amides is 1. The molecule has 1 aromatic rings. The maximum Gasteiger partial charge on any atom is 0.441 e. The molecule has 0 atom stereocenters. The highest BCUT2D eigenvalue weighted by molar-refractivity contribution is 8.00. The smallest absolute Gasteiger partial charge is 0.380 e. The quantitative estimate of drug-likeness (QED) is 0.820. The third-order valence-corrected chi connectivity index (χ3v) is 2.89. The van der Waals surface area contributed by atoms with E-state index in [2.05, 4.69) is 5.32 Å². The van der Waals surface area contributed by atoms with Crippen molar-refractivity contribution in [1.82, 2.24) is 5.32 Å². The van der Waals surface area contributed by atoms with E-state index in [4.69, 9.17) is 4.74 Å². The van der Waals surface area contributed by atoms with Gasteiger partial charge >= 0.3 is 5.51 Å². The van der Waals surface area contributed by atoms with Crippen LogP contribution < -0.4 is 5.32 Å². The van der Waals surface area contributed by atoms with E-state index >= 15 is 0 Å². The summed E-state index contributed by atoms with van der Waals surface area (Å²) < 4.78 is 40.6. The first-order valence-corrected chi connectivity index (χ1v) is 6.47. The molecule has 0 radical (unpaired) electrons. The number of hydrogen-bond acceptors (Lipinski definition) is 3. The third-order valence-electron chi connectivity index (χ3n) is 2.15. The Morgan fingerprint density at radius 1 is 1.42 bits per heavy atom. The Labute approximate surface area is 113 Å². The fourth-order valence-electron chi connectivity index (χ4n) is 1.40. The number of methoxy groups -OCH3 is 1. The van der Waals surface area contributed by atoms with E-state index in [-0.39, 0.29) is 30.0 Å². The zero-order chi connectivity index (χ0) is 14.3. The van der Waals surface area contributed by atoms with Gasteiger partial charge in [-0.15, -0.1) is 0 Å². The molecule has 3 nitrogen and oxygen atoms in total. The number of benzene rings is 1. The maximum atomic E-state index is 11.9. The van der Waals surface area contributed by atoms with Crippen molar-refractivity contribution in [2.24, 2.45) is 0 Å². The van der Waals surface area contributed by atoms with Crippen LogP contribution in [0.5, 0.6) is 0 Å². The molecule has 0 saturated carbocycles. The second-order valence-electron chi connectivity index (χ2n) is 3.68. The number of nitrogens with one attached hydrogen (secondary N) is 1. The number of alkyl halides is 3. The number of halogens is 3. The molecule has 0 saturated heterocycles. The summed E-state index contributed by atoms with van der Waals surface area (Å²) in [4.78, 5) is 11.7. The van der Waals surface area contributed by atoms with E-state index in [0.29, 0.717) is 12.2 Å². The van der Waals surface area contributed by atoms with Crippen LogP contribution in [0.3, 0.4) is 0 Å². The average Bonchev–Trinajstić information content (AvgIpc) is 2.34. The monoisotopic (exact) mass is 293 g/mol. The summed E-state index contributed by atoms with van der Waals surface area (Å²) in [5.74, 6) is -0.590. The number of carbonyl (C=O) groups is 1. The van der Waals surface area contributed by atoms with Crippen LogP contribution in [0.4, 0.5) is 13.2 Å². The van der Waals surface area contributed by atoms with Gasteiger partial charge in [0, 0.05) is 25.0 Å². The molecule has 0 bridgehead atoms. The van der Waals surface area contributed by atoms with Crippen LogP contribution in [-0.4, -0.2) is 30.8 Å². The van der Waals surface area contributed by atoms with Crippen LogP contribution in [0.15, 0.2) is 24.3 Å². The summed E-state index contributed by atoms with van der Waals surface area (Å²) in [5, 5.41) is 2.44. The van der Waals surface area contributed by atoms with E-state index in [9.17, 15) is 18.0 Å². The Kier molecular flexibility index (Phi) is 6.17. The van der Waals surface area contributed by atoms with Gasteiger partial charge in [0.1, 0.15) is 0 Å². The van der Waals surface area contributed by atoms with E-state index in [1.807, 2.05) is 0 Å². The molecule has 1 N–H and O–H groups in total. The minimum absolute atomic E-state index is 0.0302. The molecule has 7 heteroatoms. The Balaban J connectivity index is 2.43. The highest BCUT2D eigenvalue weighted by Gasteiger charge is 2.27. The summed E-state index contributed by atoms with van der Waals surface area (Å²) >= 11 is -0.153. The van der Waals surface area contributed by atoms with Gasteiger partial charge in [-0.3, -0.25) is 4.79 Å². The zero-order valence-corrected chi connectivity index (χ0v) is 11.1. The van der Waals surface area contributed by atoms with E-state index < -0.39 is 5.51 Å². The van der Waals surface area contributed by atoms with Gasteiger partial charge in [-0.2, -0.15) is 13.2 Å². The first-order chi connectivity index (χ1) is 8.92. The van der Waals surface area contributed by atoms with Gasteiger partial charge < -0.3 is 10.1 Å². The van der Waals surface area contributed by atoms with Gasteiger partial charge in [0.05, 0.1) is 6.61 Å². The molecule has 0 spiro atoms. The SMILES string of the molecule is COCc1cccc(C(=O)NCCSC(F)(F)F)c1. The predicted octanol–water partition coefficient (Wildman–Crippen LogP) is 2.82. The second-order valence-corrected chi connectivity index (χ2v) is 4.84. The van der Waals surface area contributed by atoms with Crippen LogP contribution in [0, 0.1) is 0 Å². The highest BCUT2D eigenvalue weighted by atomic mass is 32.2. The number of ether oxygens (including phenoxy) is 1. The molecule has 0 heterocycles. The lowest BCUT2D eigenvalue weighted by Crippen LogP contribution is -2.26. The molecular formula is C12H14F3NO2S. The average molecular weight is 293 g/mol. The van der Waals surface area contributed by atoms with Crippen LogP contribution in [-0.2, 0) is 11.3 Å². The summed E-state index contributed by atoms with van der Waals surface area (Å²) in [7, 11) is 1.54. The summed E-state index contributed by atoms with van der Waals surface area (Å²) in [6.45, 7) is 0.350. The van der Waals surface area contributed by atoms with Crippen molar-refractivity contribution in [1.29, 1.82) is 0 Å². The molecule has 0 aliphatic heterocycles. The lowest BCUT2D eigenvalue weighted by Gasteiger charge is -2.08. The number of hydrogen-bond donors (Lipinski definition) is 1. The van der Waals surface area contributed by atoms with Gasteiger partial charge in [0.2, 0.25) is 0 Å². The van der Waals surface area contributed by atoms with Gasteiger partial charge in [-0.05, 0) is 29.5 Å². The lowest BCUT2D eigenvalue weighted by molar-refractivity contribution is -0.0327. The van der Waals surface area contributed by atoms with E-state index in [1.54, 1.807) is 31.4 Å². The number of carbonyl (C=O) groups excluding carboxylic acids is 1. The summed E-state index contributed by atoms with van der Waals surface area (Å²) in [5.41, 5.74) is -3.02. The molecule has 1 rings (SSSR count). The van der Waals surface area contributed by atoms with Crippen molar-refractivity contribution in [2.45, 2.75) is 12.1 Å². The Hall–Kier alpha value is -1.21. The molecule has 0 fully saturated rings. The largest absolute Gasteiger partial charge is 0.441 e. The van der Waals surface area contributed by atoms with Crippen molar-refractivity contribution in [3.63, 3.8) is 0 Å². The minimum Gasteiger partial charge on any atom is -0.380 e. The van der Waals surface area contributed by atoms with E-state index in [1.165, 1.54) is 0 Å². The van der Waals surface area contributed by atoms with Crippen molar-refractivity contribution in [2.75, 3.05) is 19.4 Å². The van der Waals surface area contributed by atoms with Crippen LogP contribution in [0.1, 0.15) is 15.9 Å².